The standard InChI is InChI=1S/C16H19FN2O3/c17-13-3-1-2-12(8-13)9-15(21)19-6-4-16(5-7-19)11-18-14(20)10-22-16/h1-3,8H,4-7,9-11H2,(H,18,20). The van der Waals surface area contributed by atoms with Crippen molar-refractivity contribution in [2.45, 2.75) is 24.9 Å². The molecule has 2 aliphatic heterocycles. The topological polar surface area (TPSA) is 58.6 Å². The molecule has 0 aromatic heterocycles. The van der Waals surface area contributed by atoms with Crippen molar-refractivity contribution < 1.29 is 18.7 Å². The maximum atomic E-state index is 13.2. The van der Waals surface area contributed by atoms with E-state index in [2.05, 4.69) is 5.32 Å². The van der Waals surface area contributed by atoms with E-state index in [1.807, 2.05) is 0 Å². The molecule has 1 aromatic rings. The van der Waals surface area contributed by atoms with Crippen molar-refractivity contribution in [3.63, 3.8) is 0 Å². The lowest BCUT2D eigenvalue weighted by Crippen LogP contribution is -2.58. The van der Waals surface area contributed by atoms with Crippen LogP contribution in [0, 0.1) is 5.82 Å². The van der Waals surface area contributed by atoms with E-state index in [-0.39, 0.29) is 36.3 Å². The molecular formula is C16H19FN2O3. The van der Waals surface area contributed by atoms with Gasteiger partial charge >= 0.3 is 0 Å². The molecule has 1 aromatic carbocycles. The van der Waals surface area contributed by atoms with Crippen LogP contribution in [0.1, 0.15) is 18.4 Å². The van der Waals surface area contributed by atoms with Crippen molar-refractivity contribution in [3.05, 3.63) is 35.6 Å². The Balaban J connectivity index is 1.55. The van der Waals surface area contributed by atoms with Gasteiger partial charge in [0, 0.05) is 19.6 Å². The van der Waals surface area contributed by atoms with Gasteiger partial charge in [-0.15, -0.1) is 0 Å². The van der Waals surface area contributed by atoms with Gasteiger partial charge in [0.25, 0.3) is 0 Å². The smallest absolute Gasteiger partial charge is 0.246 e. The number of carbonyl (C=O) groups is 2. The first-order valence-electron chi connectivity index (χ1n) is 7.49. The number of carbonyl (C=O) groups excluding carboxylic acids is 2. The van der Waals surface area contributed by atoms with Gasteiger partial charge < -0.3 is 15.0 Å². The average Bonchev–Trinajstić information content (AvgIpc) is 2.51. The molecule has 2 saturated heterocycles. The Labute approximate surface area is 128 Å². The Morgan fingerprint density at radius 3 is 2.77 bits per heavy atom. The number of halogens is 1. The minimum absolute atomic E-state index is 0.000273. The fourth-order valence-electron chi connectivity index (χ4n) is 3.00. The van der Waals surface area contributed by atoms with Gasteiger partial charge in [0.15, 0.2) is 0 Å². The molecule has 0 bridgehead atoms. The van der Waals surface area contributed by atoms with E-state index in [1.165, 1.54) is 12.1 Å². The predicted molar refractivity (Wildman–Crippen MR) is 77.6 cm³/mol. The van der Waals surface area contributed by atoms with E-state index in [0.717, 1.165) is 0 Å². The zero-order valence-electron chi connectivity index (χ0n) is 12.3. The summed E-state index contributed by atoms with van der Waals surface area (Å²) < 4.78 is 18.8. The number of nitrogens with one attached hydrogen (secondary N) is 1. The highest BCUT2D eigenvalue weighted by atomic mass is 19.1. The van der Waals surface area contributed by atoms with Crippen LogP contribution in [0.5, 0.6) is 0 Å². The van der Waals surface area contributed by atoms with Crippen LogP contribution in [0.3, 0.4) is 0 Å². The maximum absolute atomic E-state index is 13.2. The lowest BCUT2D eigenvalue weighted by atomic mass is 9.89. The molecule has 0 saturated carbocycles. The quantitative estimate of drug-likeness (QED) is 0.882. The van der Waals surface area contributed by atoms with Crippen LogP contribution in [-0.2, 0) is 20.7 Å². The maximum Gasteiger partial charge on any atom is 0.246 e. The van der Waals surface area contributed by atoms with E-state index >= 15 is 0 Å². The van der Waals surface area contributed by atoms with Crippen molar-refractivity contribution in [1.82, 2.24) is 10.2 Å². The first-order chi connectivity index (χ1) is 10.6. The van der Waals surface area contributed by atoms with Crippen LogP contribution in [0.4, 0.5) is 4.39 Å². The minimum Gasteiger partial charge on any atom is -0.363 e. The lowest BCUT2D eigenvalue weighted by Gasteiger charge is -2.43. The molecule has 2 amide bonds. The third-order valence-electron chi connectivity index (χ3n) is 4.39. The first-order valence-corrected chi connectivity index (χ1v) is 7.49. The fraction of sp³-hybridized carbons (Fsp3) is 0.500. The van der Waals surface area contributed by atoms with E-state index in [9.17, 15) is 14.0 Å². The van der Waals surface area contributed by atoms with E-state index in [4.69, 9.17) is 4.74 Å². The third kappa shape index (κ3) is 3.27. The predicted octanol–water partition coefficient (Wildman–Crippen LogP) is 0.876. The molecule has 3 rings (SSSR count). The molecule has 1 N–H and O–H groups in total. The molecule has 0 atom stereocenters. The summed E-state index contributed by atoms with van der Waals surface area (Å²) in [6.07, 6.45) is 1.63. The number of piperidine rings is 1. The molecule has 118 valence electrons. The van der Waals surface area contributed by atoms with Crippen molar-refractivity contribution >= 4 is 11.8 Å². The second-order valence-electron chi connectivity index (χ2n) is 5.94. The zero-order valence-corrected chi connectivity index (χ0v) is 12.3. The van der Waals surface area contributed by atoms with E-state index in [0.29, 0.717) is 38.0 Å². The molecule has 1 spiro atoms. The van der Waals surface area contributed by atoms with Gasteiger partial charge in [-0.1, -0.05) is 12.1 Å². The molecule has 0 radical (unpaired) electrons. The monoisotopic (exact) mass is 306 g/mol. The number of hydrogen-bond acceptors (Lipinski definition) is 3. The van der Waals surface area contributed by atoms with Gasteiger partial charge in [-0.25, -0.2) is 4.39 Å². The Kier molecular flexibility index (Phi) is 4.11. The van der Waals surface area contributed by atoms with Gasteiger partial charge in [0.1, 0.15) is 12.4 Å². The molecule has 6 heteroatoms. The summed E-state index contributed by atoms with van der Waals surface area (Å²) in [6.45, 7) is 1.81. The zero-order chi connectivity index (χ0) is 15.6. The van der Waals surface area contributed by atoms with Crippen molar-refractivity contribution in [2.24, 2.45) is 0 Å². The summed E-state index contributed by atoms with van der Waals surface area (Å²) in [5.74, 6) is -0.412. The number of hydrogen-bond donors (Lipinski definition) is 1. The largest absolute Gasteiger partial charge is 0.363 e. The number of nitrogens with zero attached hydrogens (tertiary/aromatic N) is 1. The number of rotatable bonds is 2. The molecule has 2 heterocycles. The van der Waals surface area contributed by atoms with Crippen LogP contribution < -0.4 is 5.32 Å². The molecule has 0 unspecified atom stereocenters. The second kappa shape index (κ2) is 6.04. The van der Waals surface area contributed by atoms with Gasteiger partial charge in [0.2, 0.25) is 11.8 Å². The number of morpholine rings is 1. The molecule has 2 aliphatic rings. The molecule has 5 nitrogen and oxygen atoms in total. The summed E-state index contributed by atoms with van der Waals surface area (Å²) in [4.78, 5) is 25.2. The fourth-order valence-corrected chi connectivity index (χ4v) is 3.00. The molecule has 22 heavy (non-hydrogen) atoms. The molecule has 2 fully saturated rings. The van der Waals surface area contributed by atoms with Crippen LogP contribution in [0.15, 0.2) is 24.3 Å². The summed E-state index contributed by atoms with van der Waals surface area (Å²) >= 11 is 0. The highest BCUT2D eigenvalue weighted by molar-refractivity contribution is 5.79. The van der Waals surface area contributed by atoms with Crippen molar-refractivity contribution in [2.75, 3.05) is 26.2 Å². The van der Waals surface area contributed by atoms with E-state index in [1.54, 1.807) is 17.0 Å². The van der Waals surface area contributed by atoms with Gasteiger partial charge in [-0.2, -0.15) is 0 Å². The van der Waals surface area contributed by atoms with Crippen LogP contribution >= 0.6 is 0 Å². The Bertz CT molecular complexity index is 571. The Hall–Kier alpha value is -1.95. The second-order valence-corrected chi connectivity index (χ2v) is 5.94. The number of amides is 2. The SMILES string of the molecule is O=C1COC2(CCN(C(=O)Cc3cccc(F)c3)CC2)CN1. The summed E-state index contributed by atoms with van der Waals surface area (Å²) in [5.41, 5.74) is 0.357. The highest BCUT2D eigenvalue weighted by Crippen LogP contribution is 2.28. The number of ether oxygens (including phenoxy) is 1. The minimum atomic E-state index is -0.330. The number of likely N-dealkylation sites (tertiary alicyclic amines) is 1. The first kappa shape index (κ1) is 15.0. The van der Waals surface area contributed by atoms with Crippen LogP contribution in [-0.4, -0.2) is 48.6 Å². The number of benzene rings is 1. The van der Waals surface area contributed by atoms with Crippen LogP contribution in [0.25, 0.3) is 0 Å². The average molecular weight is 306 g/mol. The Morgan fingerprint density at radius 1 is 1.36 bits per heavy atom. The normalized spacial score (nSPS) is 20.8. The summed E-state index contributed by atoms with van der Waals surface area (Å²) in [5, 5.41) is 2.82. The highest BCUT2D eigenvalue weighted by Gasteiger charge is 2.39. The van der Waals surface area contributed by atoms with Crippen molar-refractivity contribution in [1.29, 1.82) is 0 Å². The third-order valence-corrected chi connectivity index (χ3v) is 4.39. The van der Waals surface area contributed by atoms with Gasteiger partial charge in [0.05, 0.1) is 12.0 Å². The molecular weight excluding hydrogens is 287 g/mol. The molecule has 0 aliphatic carbocycles. The summed E-state index contributed by atoms with van der Waals surface area (Å²) in [7, 11) is 0. The van der Waals surface area contributed by atoms with E-state index < -0.39 is 0 Å². The summed E-state index contributed by atoms with van der Waals surface area (Å²) in [6, 6.07) is 6.13. The van der Waals surface area contributed by atoms with Gasteiger partial charge in [-0.3, -0.25) is 9.59 Å². The Morgan fingerprint density at radius 2 is 2.14 bits per heavy atom. The van der Waals surface area contributed by atoms with Gasteiger partial charge in [-0.05, 0) is 30.5 Å². The lowest BCUT2D eigenvalue weighted by molar-refractivity contribution is -0.154. The van der Waals surface area contributed by atoms with Crippen molar-refractivity contribution in [3.8, 4) is 0 Å². The van der Waals surface area contributed by atoms with Crippen LogP contribution in [0.2, 0.25) is 0 Å².